The van der Waals surface area contributed by atoms with Crippen LogP contribution in [0.2, 0.25) is 0 Å². The predicted molar refractivity (Wildman–Crippen MR) is 133 cm³/mol. The molecule has 8 nitrogen and oxygen atoms in total. The van der Waals surface area contributed by atoms with Gasteiger partial charge in [-0.1, -0.05) is 6.58 Å². The van der Waals surface area contributed by atoms with Crippen molar-refractivity contribution in [2.24, 2.45) is 0 Å². The lowest BCUT2D eigenvalue weighted by Crippen LogP contribution is -2.43. The topological polar surface area (TPSA) is 94.8 Å². The van der Waals surface area contributed by atoms with Gasteiger partial charge in [0.1, 0.15) is 29.8 Å². The zero-order chi connectivity index (χ0) is 25.4. The summed E-state index contributed by atoms with van der Waals surface area (Å²) in [6.45, 7) is 8.01. The molecule has 0 bridgehead atoms. The fourth-order valence-corrected chi connectivity index (χ4v) is 5.99. The third kappa shape index (κ3) is 4.90. The average molecular weight is 504 g/mol. The first-order valence-corrected chi connectivity index (χ1v) is 12.9. The summed E-state index contributed by atoms with van der Waals surface area (Å²) in [4.78, 5) is 17.5. The van der Waals surface area contributed by atoms with Crippen molar-refractivity contribution in [3.05, 3.63) is 24.3 Å². The molecule has 0 spiro atoms. The molecule has 5 rings (SSSR count). The second-order valence-electron chi connectivity index (χ2n) is 10.6. The number of β-amino-alcohol motifs (C(OH)–C–C–N with tert-alkyl or cyclic N) is 1. The largest absolute Gasteiger partial charge is 0.461 e. The number of fused-ring (bicyclic) bond motifs is 2. The van der Waals surface area contributed by atoms with Crippen LogP contribution in [0.25, 0.3) is 16.5 Å². The summed E-state index contributed by atoms with van der Waals surface area (Å²) >= 11 is 0. The standard InChI is InChI=1S/C26H35F2N5O3/c1-16(10-17(2)34)22-21(28)23-20(12-29-22)24(32-8-4-3-6-19(35)14-32)31-25(30-23)36-15-26-7-5-9-33(26)13-18(27)11-26/h12,17-19,34-35H,1,3-11,13-15H2,2H3/t17?,18-,19-,26+/m1/s1. The number of ether oxygens (including phenoxy) is 1. The minimum atomic E-state index is -0.883. The van der Waals surface area contributed by atoms with E-state index in [-0.39, 0.29) is 35.8 Å². The van der Waals surface area contributed by atoms with Crippen molar-refractivity contribution in [3.63, 3.8) is 0 Å². The van der Waals surface area contributed by atoms with E-state index in [9.17, 15) is 14.6 Å². The minimum Gasteiger partial charge on any atom is -0.461 e. The van der Waals surface area contributed by atoms with E-state index in [1.807, 2.05) is 4.90 Å². The highest BCUT2D eigenvalue weighted by Gasteiger charge is 2.49. The van der Waals surface area contributed by atoms with Gasteiger partial charge in [0.05, 0.1) is 23.1 Å². The van der Waals surface area contributed by atoms with Gasteiger partial charge in [-0.15, -0.1) is 0 Å². The molecule has 0 aromatic carbocycles. The highest BCUT2D eigenvalue weighted by Crippen LogP contribution is 2.40. The molecule has 3 fully saturated rings. The molecule has 36 heavy (non-hydrogen) atoms. The highest BCUT2D eigenvalue weighted by atomic mass is 19.1. The lowest BCUT2D eigenvalue weighted by Gasteiger charge is -2.31. The van der Waals surface area contributed by atoms with Crippen LogP contribution < -0.4 is 9.64 Å². The van der Waals surface area contributed by atoms with E-state index in [0.717, 1.165) is 32.2 Å². The molecular formula is C26H35F2N5O3. The molecule has 4 atom stereocenters. The molecule has 0 aliphatic carbocycles. The van der Waals surface area contributed by atoms with Crippen molar-refractivity contribution in [2.75, 3.05) is 37.7 Å². The van der Waals surface area contributed by atoms with Crippen molar-refractivity contribution in [2.45, 2.75) is 75.8 Å². The number of rotatable bonds is 7. The number of anilines is 1. The Morgan fingerprint density at radius 1 is 1.28 bits per heavy atom. The normalized spacial score (nSPS) is 27.8. The molecule has 0 radical (unpaired) electrons. The molecule has 1 unspecified atom stereocenters. The van der Waals surface area contributed by atoms with Gasteiger partial charge in [0.15, 0.2) is 5.82 Å². The van der Waals surface area contributed by atoms with Gasteiger partial charge >= 0.3 is 6.01 Å². The van der Waals surface area contributed by atoms with Crippen LogP contribution in [-0.2, 0) is 0 Å². The molecule has 0 amide bonds. The van der Waals surface area contributed by atoms with E-state index in [1.54, 1.807) is 6.92 Å². The van der Waals surface area contributed by atoms with Crippen LogP contribution in [0.4, 0.5) is 14.6 Å². The first-order chi connectivity index (χ1) is 17.3. The SMILES string of the molecule is C=C(CC(C)O)c1ncc2c(N3CCCC[C@@H](O)C3)nc(OC[C@@]34CCCN3C[C@H](F)C4)nc2c1F. The van der Waals surface area contributed by atoms with Crippen LogP contribution >= 0.6 is 0 Å². The van der Waals surface area contributed by atoms with Crippen LogP contribution in [0.5, 0.6) is 6.01 Å². The van der Waals surface area contributed by atoms with Gasteiger partial charge in [-0.3, -0.25) is 9.88 Å². The number of halogens is 2. The Morgan fingerprint density at radius 2 is 2.11 bits per heavy atom. The Kier molecular flexibility index (Phi) is 7.11. The molecule has 5 heterocycles. The van der Waals surface area contributed by atoms with Crippen molar-refractivity contribution >= 4 is 22.3 Å². The molecular weight excluding hydrogens is 468 g/mol. The van der Waals surface area contributed by atoms with Gasteiger partial charge < -0.3 is 19.8 Å². The summed E-state index contributed by atoms with van der Waals surface area (Å²) in [7, 11) is 0. The zero-order valence-corrected chi connectivity index (χ0v) is 20.8. The van der Waals surface area contributed by atoms with Crippen molar-refractivity contribution < 1.29 is 23.7 Å². The molecule has 0 saturated carbocycles. The lowest BCUT2D eigenvalue weighted by atomic mass is 9.95. The van der Waals surface area contributed by atoms with E-state index in [1.165, 1.54) is 6.20 Å². The maximum Gasteiger partial charge on any atom is 0.319 e. The second kappa shape index (κ2) is 10.1. The summed E-state index contributed by atoms with van der Waals surface area (Å²) in [6.07, 6.45) is 4.31. The van der Waals surface area contributed by atoms with Gasteiger partial charge in [-0.05, 0) is 57.6 Å². The summed E-state index contributed by atoms with van der Waals surface area (Å²) in [5.74, 6) is -0.182. The second-order valence-corrected chi connectivity index (χ2v) is 10.6. The number of hydrogen-bond donors (Lipinski definition) is 2. The fraction of sp³-hybridized carbons (Fsp3) is 0.654. The van der Waals surface area contributed by atoms with Gasteiger partial charge in [0.25, 0.3) is 0 Å². The Bertz CT molecular complexity index is 1130. The van der Waals surface area contributed by atoms with Crippen molar-refractivity contribution in [3.8, 4) is 6.01 Å². The molecule has 3 aliphatic rings. The molecule has 2 N–H and O–H groups in total. The first kappa shape index (κ1) is 25.2. The Balaban J connectivity index is 1.53. The number of hydrogen-bond acceptors (Lipinski definition) is 8. The number of aromatic nitrogens is 3. The van der Waals surface area contributed by atoms with Crippen LogP contribution in [0.3, 0.4) is 0 Å². The Hall–Kier alpha value is -2.43. The number of nitrogens with zero attached hydrogens (tertiary/aromatic N) is 5. The van der Waals surface area contributed by atoms with Crippen LogP contribution in [0, 0.1) is 5.82 Å². The highest BCUT2D eigenvalue weighted by molar-refractivity contribution is 5.91. The van der Waals surface area contributed by atoms with Crippen LogP contribution in [0.15, 0.2) is 12.8 Å². The Labute approximate surface area is 210 Å². The number of pyridine rings is 1. The van der Waals surface area contributed by atoms with E-state index < -0.39 is 24.2 Å². The van der Waals surface area contributed by atoms with Gasteiger partial charge in [-0.2, -0.15) is 9.97 Å². The molecule has 2 aromatic heterocycles. The third-order valence-corrected chi connectivity index (χ3v) is 7.70. The molecule has 196 valence electrons. The number of aliphatic hydroxyl groups is 2. The van der Waals surface area contributed by atoms with E-state index >= 15 is 4.39 Å². The predicted octanol–water partition coefficient (Wildman–Crippen LogP) is 3.25. The smallest absolute Gasteiger partial charge is 0.319 e. The number of aliphatic hydroxyl groups excluding tert-OH is 2. The van der Waals surface area contributed by atoms with E-state index in [4.69, 9.17) is 4.74 Å². The summed E-state index contributed by atoms with van der Waals surface area (Å²) in [6, 6.07) is 0.0250. The Morgan fingerprint density at radius 3 is 2.92 bits per heavy atom. The fourth-order valence-electron chi connectivity index (χ4n) is 5.99. The summed E-state index contributed by atoms with van der Waals surface area (Å²) in [5, 5.41) is 20.6. The first-order valence-electron chi connectivity index (χ1n) is 12.9. The monoisotopic (exact) mass is 503 g/mol. The minimum absolute atomic E-state index is 0.0250. The molecule has 3 saturated heterocycles. The average Bonchev–Trinajstić information content (AvgIpc) is 3.25. The molecule has 2 aromatic rings. The maximum absolute atomic E-state index is 15.8. The lowest BCUT2D eigenvalue weighted by molar-refractivity contribution is 0.107. The van der Waals surface area contributed by atoms with Crippen molar-refractivity contribution in [1.29, 1.82) is 0 Å². The number of alkyl halides is 1. The van der Waals surface area contributed by atoms with Crippen LogP contribution in [-0.4, -0.2) is 86.8 Å². The quantitative estimate of drug-likeness (QED) is 0.595. The van der Waals surface area contributed by atoms with Gasteiger partial charge in [0.2, 0.25) is 0 Å². The third-order valence-electron chi connectivity index (χ3n) is 7.70. The zero-order valence-electron chi connectivity index (χ0n) is 20.8. The summed E-state index contributed by atoms with van der Waals surface area (Å²) < 4.78 is 36.1. The maximum atomic E-state index is 15.8. The van der Waals surface area contributed by atoms with Crippen LogP contribution in [0.1, 0.15) is 57.6 Å². The summed E-state index contributed by atoms with van der Waals surface area (Å²) in [5.41, 5.74) is 0.0923. The molecule has 3 aliphatic heterocycles. The molecule has 10 heteroatoms. The van der Waals surface area contributed by atoms with E-state index in [2.05, 4.69) is 26.4 Å². The van der Waals surface area contributed by atoms with Gasteiger partial charge in [-0.25, -0.2) is 8.78 Å². The van der Waals surface area contributed by atoms with Crippen molar-refractivity contribution in [1.82, 2.24) is 19.9 Å². The van der Waals surface area contributed by atoms with E-state index in [0.29, 0.717) is 49.3 Å². The van der Waals surface area contributed by atoms with Gasteiger partial charge in [0, 0.05) is 32.3 Å².